The molecule has 1 fully saturated rings. The molecule has 3 rings (SSSR count). The molecule has 2 heterocycles. The molecule has 0 amide bonds. The third-order valence-electron chi connectivity index (χ3n) is 4.28. The number of nitrogens with one attached hydrogen (secondary N) is 1. The molecule has 1 aromatic heterocycles. The number of hydrogen-bond donors (Lipinski definition) is 1. The van der Waals surface area contributed by atoms with Gasteiger partial charge in [-0.1, -0.05) is 0 Å². The van der Waals surface area contributed by atoms with Crippen LogP contribution in [0.5, 0.6) is 0 Å². The fourth-order valence-electron chi connectivity index (χ4n) is 2.93. The number of rotatable bonds is 5. The van der Waals surface area contributed by atoms with E-state index in [2.05, 4.69) is 9.71 Å². The Morgan fingerprint density at radius 2 is 1.96 bits per heavy atom. The lowest BCUT2D eigenvalue weighted by molar-refractivity contribution is 0.0551. The van der Waals surface area contributed by atoms with Crippen molar-refractivity contribution in [3.05, 3.63) is 48.3 Å². The Labute approximate surface area is 140 Å². The summed E-state index contributed by atoms with van der Waals surface area (Å²) in [6, 6.07) is 4.34. The molecule has 0 saturated carbocycles. The van der Waals surface area contributed by atoms with E-state index in [1.807, 2.05) is 11.6 Å². The van der Waals surface area contributed by atoms with Crippen LogP contribution in [-0.2, 0) is 21.8 Å². The van der Waals surface area contributed by atoms with Crippen molar-refractivity contribution in [2.45, 2.75) is 23.8 Å². The summed E-state index contributed by atoms with van der Waals surface area (Å²) in [5.74, 6) is 0.279. The van der Waals surface area contributed by atoms with Crippen LogP contribution in [0.4, 0.5) is 4.39 Å². The Bertz CT molecular complexity index is 783. The summed E-state index contributed by atoms with van der Waals surface area (Å²) in [5.41, 5.74) is 0. The molecular formula is C16H20FN3O3S. The van der Waals surface area contributed by atoms with E-state index in [0.717, 1.165) is 25.0 Å². The van der Waals surface area contributed by atoms with Gasteiger partial charge in [0.15, 0.2) is 0 Å². The molecule has 8 heteroatoms. The van der Waals surface area contributed by atoms with Crippen LogP contribution in [0.3, 0.4) is 0 Å². The van der Waals surface area contributed by atoms with E-state index < -0.39 is 21.9 Å². The van der Waals surface area contributed by atoms with Crippen LogP contribution < -0.4 is 4.72 Å². The van der Waals surface area contributed by atoms with Gasteiger partial charge in [-0.2, -0.15) is 0 Å². The minimum absolute atomic E-state index is 0.0372. The van der Waals surface area contributed by atoms with E-state index in [0.29, 0.717) is 19.0 Å². The minimum atomic E-state index is -3.78. The summed E-state index contributed by atoms with van der Waals surface area (Å²) < 4.78 is 48.4. The normalized spacial score (nSPS) is 17.8. The first kappa shape index (κ1) is 17.1. The van der Waals surface area contributed by atoms with Crippen molar-refractivity contribution < 1.29 is 17.5 Å². The van der Waals surface area contributed by atoms with Crippen molar-refractivity contribution >= 4 is 10.0 Å². The molecule has 6 nitrogen and oxygen atoms in total. The first-order valence-electron chi connectivity index (χ1n) is 7.80. The first-order valence-corrected chi connectivity index (χ1v) is 9.28. The fraction of sp³-hybridized carbons (Fsp3) is 0.438. The Hall–Kier alpha value is -1.77. The average Bonchev–Trinajstić information content (AvgIpc) is 3.00. The quantitative estimate of drug-likeness (QED) is 0.892. The summed E-state index contributed by atoms with van der Waals surface area (Å²) in [7, 11) is -1.95. The molecule has 0 bridgehead atoms. The van der Waals surface area contributed by atoms with E-state index in [-0.39, 0.29) is 10.8 Å². The smallest absolute Gasteiger partial charge is 0.241 e. The van der Waals surface area contributed by atoms with Crippen LogP contribution in [0.2, 0.25) is 0 Å². The third kappa shape index (κ3) is 3.66. The molecule has 1 saturated heterocycles. The number of sulfonamides is 1. The zero-order valence-corrected chi connectivity index (χ0v) is 14.2. The Balaban J connectivity index is 1.91. The van der Waals surface area contributed by atoms with Crippen LogP contribution in [0.15, 0.2) is 41.6 Å². The summed E-state index contributed by atoms with van der Waals surface area (Å²) in [6.45, 7) is 1.20. The molecule has 130 valence electrons. The summed E-state index contributed by atoms with van der Waals surface area (Å²) in [6.07, 6.45) is 4.94. The minimum Gasteiger partial charge on any atom is -0.381 e. The molecule has 1 atom stereocenters. The summed E-state index contributed by atoms with van der Waals surface area (Å²) in [5, 5.41) is 0. The molecule has 0 unspecified atom stereocenters. The van der Waals surface area contributed by atoms with E-state index >= 15 is 0 Å². The second-order valence-corrected chi connectivity index (χ2v) is 7.61. The van der Waals surface area contributed by atoms with Gasteiger partial charge in [-0.25, -0.2) is 22.5 Å². The topological polar surface area (TPSA) is 73.2 Å². The van der Waals surface area contributed by atoms with Gasteiger partial charge in [0.05, 0.1) is 10.9 Å². The molecule has 0 aliphatic carbocycles. The average molecular weight is 353 g/mol. The van der Waals surface area contributed by atoms with Gasteiger partial charge in [0.2, 0.25) is 10.0 Å². The van der Waals surface area contributed by atoms with Crippen molar-refractivity contribution in [3.63, 3.8) is 0 Å². The first-order chi connectivity index (χ1) is 11.5. The van der Waals surface area contributed by atoms with Gasteiger partial charge >= 0.3 is 0 Å². The largest absolute Gasteiger partial charge is 0.381 e. The predicted molar refractivity (Wildman–Crippen MR) is 86.2 cm³/mol. The molecule has 1 aliphatic rings. The highest BCUT2D eigenvalue weighted by Crippen LogP contribution is 2.30. The van der Waals surface area contributed by atoms with E-state index in [9.17, 15) is 12.8 Å². The lowest BCUT2D eigenvalue weighted by Crippen LogP contribution is -2.37. The molecule has 0 radical (unpaired) electrons. The van der Waals surface area contributed by atoms with Crippen molar-refractivity contribution in [1.29, 1.82) is 0 Å². The second kappa shape index (κ2) is 7.00. The number of halogens is 1. The monoisotopic (exact) mass is 353 g/mol. The molecule has 0 spiro atoms. The van der Waals surface area contributed by atoms with Gasteiger partial charge in [0.1, 0.15) is 11.6 Å². The van der Waals surface area contributed by atoms with Crippen molar-refractivity contribution in [3.8, 4) is 0 Å². The lowest BCUT2D eigenvalue weighted by atomic mass is 9.92. The number of aromatic nitrogens is 2. The zero-order chi connectivity index (χ0) is 17.2. The standard InChI is InChI=1S/C16H20FN3O3S/c1-20-9-8-18-16(20)15(12-6-10-23-11-7-12)19-24(21,22)14-4-2-13(17)3-5-14/h2-5,8-9,12,15,19H,6-7,10-11H2,1H3/t15-/m0/s1. The van der Waals surface area contributed by atoms with Crippen molar-refractivity contribution in [1.82, 2.24) is 14.3 Å². The number of hydrogen-bond acceptors (Lipinski definition) is 4. The molecule has 1 N–H and O–H groups in total. The van der Waals surface area contributed by atoms with Gasteiger partial charge in [-0.3, -0.25) is 0 Å². The summed E-state index contributed by atoms with van der Waals surface area (Å²) >= 11 is 0. The second-order valence-electron chi connectivity index (χ2n) is 5.90. The fourth-order valence-corrected chi connectivity index (χ4v) is 4.20. The van der Waals surface area contributed by atoms with E-state index in [4.69, 9.17) is 4.74 Å². The number of ether oxygens (including phenoxy) is 1. The maximum absolute atomic E-state index is 13.1. The van der Waals surface area contributed by atoms with Crippen molar-refractivity contribution in [2.24, 2.45) is 13.0 Å². The number of aryl methyl sites for hydroxylation is 1. The van der Waals surface area contributed by atoms with Crippen molar-refractivity contribution in [2.75, 3.05) is 13.2 Å². The van der Waals surface area contributed by atoms with Gasteiger partial charge < -0.3 is 9.30 Å². The lowest BCUT2D eigenvalue weighted by Gasteiger charge is -2.30. The van der Waals surface area contributed by atoms with Gasteiger partial charge in [-0.15, -0.1) is 0 Å². The SMILES string of the molecule is Cn1ccnc1[C@@H](NS(=O)(=O)c1ccc(F)cc1)C1CCOCC1. The van der Waals surface area contributed by atoms with Gasteiger partial charge in [0, 0.05) is 32.7 Å². The van der Waals surface area contributed by atoms with Crippen LogP contribution in [-0.4, -0.2) is 31.2 Å². The Morgan fingerprint density at radius 1 is 1.29 bits per heavy atom. The van der Waals surface area contributed by atoms with Crippen LogP contribution in [0.25, 0.3) is 0 Å². The van der Waals surface area contributed by atoms with Gasteiger partial charge in [0.25, 0.3) is 0 Å². The summed E-state index contributed by atoms with van der Waals surface area (Å²) in [4.78, 5) is 4.36. The van der Waals surface area contributed by atoms with Crippen LogP contribution >= 0.6 is 0 Å². The molecule has 1 aliphatic heterocycles. The van der Waals surface area contributed by atoms with E-state index in [1.165, 1.54) is 12.1 Å². The molecular weight excluding hydrogens is 333 g/mol. The predicted octanol–water partition coefficient (Wildman–Crippen LogP) is 2.01. The maximum atomic E-state index is 13.1. The van der Waals surface area contributed by atoms with Crippen LogP contribution in [0, 0.1) is 11.7 Å². The van der Waals surface area contributed by atoms with E-state index in [1.54, 1.807) is 12.4 Å². The Kier molecular flexibility index (Phi) is 4.98. The highest BCUT2D eigenvalue weighted by Gasteiger charge is 2.32. The molecule has 2 aromatic rings. The third-order valence-corrected chi connectivity index (χ3v) is 5.74. The zero-order valence-electron chi connectivity index (χ0n) is 13.4. The maximum Gasteiger partial charge on any atom is 0.241 e. The number of imidazole rings is 1. The van der Waals surface area contributed by atoms with Crippen LogP contribution in [0.1, 0.15) is 24.7 Å². The molecule has 24 heavy (non-hydrogen) atoms. The highest BCUT2D eigenvalue weighted by atomic mass is 32.2. The Morgan fingerprint density at radius 3 is 2.54 bits per heavy atom. The number of benzene rings is 1. The molecule has 1 aromatic carbocycles. The van der Waals surface area contributed by atoms with Gasteiger partial charge in [-0.05, 0) is 43.0 Å². The highest BCUT2D eigenvalue weighted by molar-refractivity contribution is 7.89. The number of nitrogens with zero attached hydrogens (tertiary/aromatic N) is 2.